The lowest BCUT2D eigenvalue weighted by Gasteiger charge is -1.90. The maximum atomic E-state index is 8.00. The summed E-state index contributed by atoms with van der Waals surface area (Å²) in [5.41, 5.74) is 27.0. The van der Waals surface area contributed by atoms with E-state index in [1.165, 1.54) is 113 Å². The molecule has 0 aromatic rings. The van der Waals surface area contributed by atoms with Crippen molar-refractivity contribution in [2.75, 3.05) is 48.9 Å². The number of aliphatic hydroxyl groups excluding tert-OH is 1. The van der Waals surface area contributed by atoms with Crippen LogP contribution in [0.5, 0.6) is 0 Å². The molecule has 0 aliphatic rings. The van der Waals surface area contributed by atoms with Gasteiger partial charge in [0.05, 0.1) is 0 Å². The van der Waals surface area contributed by atoms with Gasteiger partial charge in [0.1, 0.15) is 74.7 Å². The van der Waals surface area contributed by atoms with Gasteiger partial charge in [-0.1, -0.05) is 244 Å². The molecule has 23 heteroatoms. The first kappa shape index (κ1) is 227. The van der Waals surface area contributed by atoms with E-state index in [9.17, 15) is 0 Å². The van der Waals surface area contributed by atoms with E-state index in [1.54, 1.807) is 6.92 Å². The molecule has 28 N–H and O–H groups in total. The van der Waals surface area contributed by atoms with Gasteiger partial charge in [-0.25, -0.2) is 0 Å². The predicted octanol–water partition coefficient (Wildman–Crippen LogP) is 14.2. The Kier molecular flexibility index (Phi) is 2410. The van der Waals surface area contributed by atoms with Crippen LogP contribution in [0.4, 0.5) is 0 Å². The van der Waals surface area contributed by atoms with Crippen LogP contribution in [0, 0.1) is 29.6 Å². The van der Waals surface area contributed by atoms with E-state index in [0.717, 1.165) is 29.6 Å². The number of nitrogens with two attached hydrogens (primary N) is 6. The molecule has 0 heterocycles. The minimum Gasteiger partial charge on any atom is -0.397 e. The Morgan fingerprint density at radius 1 is 0.253 bits per heavy atom. The molecular weight excluding hydrogens is 1070 g/mol. The third-order valence-corrected chi connectivity index (χ3v) is 5.29. The maximum Gasteiger partial charge on any atom is 0.106 e. The smallest absolute Gasteiger partial charge is 0.106 e. The van der Waals surface area contributed by atoms with E-state index in [2.05, 4.69) is 166 Å². The first-order valence-corrected chi connectivity index (χ1v) is 26.8. The van der Waals surface area contributed by atoms with Crippen LogP contribution >= 0.6 is 0 Å². The standard InChI is InChI=1S/C7H16.5C5H12.C3H8.C2H6O.3C2H6.6CH5N.11CH2O.5H3N.H2/c1-3-5-7-6-4-2;5*1-4-5(2)3;1-3-2;1-2-3;20*1-2;;;;;;/h3-7H2,1-2H3;5*5H,4H2,1-3H3;3H2,1-2H3;3H,2H2,1H3;3*1-2H3;6*2H2,1H3;11*1H2;5*1H3;1H. The van der Waals surface area contributed by atoms with Gasteiger partial charge in [-0.3, -0.25) is 0 Å². The summed E-state index contributed by atoms with van der Waals surface area (Å²) in [6, 6.07) is 0. The van der Waals surface area contributed by atoms with Crippen molar-refractivity contribution >= 4 is 74.7 Å². The molecule has 0 saturated heterocycles. The Balaban J connectivity index is -0.00000000976. The zero-order chi connectivity index (χ0) is 72.4. The summed E-state index contributed by atoms with van der Waals surface area (Å²) >= 11 is 0. The van der Waals surface area contributed by atoms with E-state index in [1.807, 2.05) is 116 Å². The topological polar surface area (TPSA) is 539 Å². The van der Waals surface area contributed by atoms with E-state index < -0.39 is 0 Å². The van der Waals surface area contributed by atoms with Gasteiger partial charge < -0.3 is 123 Å². The average Bonchev–Trinajstić information content (AvgIpc) is 3.56. The molecule has 0 unspecified atom stereocenters. The monoisotopic (exact) mass is 1240 g/mol. The summed E-state index contributed by atoms with van der Waals surface area (Å²) < 4.78 is 0. The molecule has 0 spiro atoms. The lowest BCUT2D eigenvalue weighted by atomic mass is 10.2. The highest BCUT2D eigenvalue weighted by Crippen LogP contribution is 2.00. The average molecular weight is 1250 g/mol. The molecule has 0 bridgehead atoms. The van der Waals surface area contributed by atoms with Crippen molar-refractivity contribution in [1.82, 2.24) is 30.8 Å². The van der Waals surface area contributed by atoms with Crippen molar-refractivity contribution in [1.29, 1.82) is 0 Å². The van der Waals surface area contributed by atoms with Crippen molar-refractivity contribution in [2.24, 2.45) is 64.0 Å². The predicted molar refractivity (Wildman–Crippen MR) is 389 cm³/mol. The molecule has 0 atom stereocenters. The fourth-order valence-corrected chi connectivity index (χ4v) is 0.677. The van der Waals surface area contributed by atoms with Gasteiger partial charge in [-0.15, -0.1) is 0 Å². The highest BCUT2D eigenvalue weighted by molar-refractivity contribution is 5.12. The van der Waals surface area contributed by atoms with E-state index in [-0.39, 0.29) is 38.8 Å². The Labute approximate surface area is 526 Å². The highest BCUT2D eigenvalue weighted by Gasteiger charge is 1.82. The summed E-state index contributed by atoms with van der Waals surface area (Å²) in [5, 5.41) is 7.57. The number of unbranched alkanes of at least 4 members (excludes halogenated alkanes) is 4. The van der Waals surface area contributed by atoms with Crippen LogP contribution in [0.1, 0.15) is 252 Å². The Hall–Kier alpha value is -4.11. The maximum absolute atomic E-state index is 8.00. The van der Waals surface area contributed by atoms with Gasteiger partial charge in [-0.2, -0.15) is 0 Å². The van der Waals surface area contributed by atoms with Crippen LogP contribution in [-0.2, 0) is 52.7 Å². The number of hydrogen-bond acceptors (Lipinski definition) is 23. The molecule has 0 fully saturated rings. The van der Waals surface area contributed by atoms with Gasteiger partial charge in [0.15, 0.2) is 0 Å². The lowest BCUT2D eigenvalue weighted by Crippen LogP contribution is -1.77. The molecule has 0 rings (SSSR count). The van der Waals surface area contributed by atoms with Gasteiger partial charge in [0.25, 0.3) is 0 Å². The quantitative estimate of drug-likeness (QED) is 0.0954. The second kappa shape index (κ2) is 879. The lowest BCUT2D eigenvalue weighted by molar-refractivity contribution is -0.0987. The third-order valence-electron chi connectivity index (χ3n) is 5.29. The molecule has 0 aliphatic heterocycles. The van der Waals surface area contributed by atoms with Gasteiger partial charge >= 0.3 is 0 Å². The fraction of sp³-hybridized carbons (Fsp3) is 0.817. The second-order valence-corrected chi connectivity index (χ2v) is 12.1. The van der Waals surface area contributed by atoms with Crippen molar-refractivity contribution in [2.45, 2.75) is 251 Å². The highest BCUT2D eigenvalue weighted by atomic mass is 16.2. The number of aliphatic hydroxyl groups is 1. The van der Waals surface area contributed by atoms with Gasteiger partial charge in [0.2, 0.25) is 0 Å². The first-order chi connectivity index (χ1) is 37.6. The number of carbonyl (C=O) groups is 11. The molecule has 544 valence electrons. The van der Waals surface area contributed by atoms with Gasteiger partial charge in [0, 0.05) is 8.03 Å². The zero-order valence-corrected chi connectivity index (χ0v) is 63.1. The van der Waals surface area contributed by atoms with Crippen LogP contribution in [0.2, 0.25) is 0 Å². The zero-order valence-electron chi connectivity index (χ0n) is 63.1. The summed E-state index contributed by atoms with van der Waals surface area (Å²) in [6.07, 6.45) is 14.8. The summed E-state index contributed by atoms with van der Waals surface area (Å²) in [7, 11) is 9.00. The van der Waals surface area contributed by atoms with Crippen molar-refractivity contribution in [3.63, 3.8) is 0 Å². The van der Waals surface area contributed by atoms with Crippen LogP contribution < -0.4 is 65.2 Å². The first-order valence-electron chi connectivity index (χ1n) is 26.8. The minimum absolute atomic E-state index is 0. The Morgan fingerprint density at radius 2 is 0.301 bits per heavy atom. The molecule has 23 nitrogen and oxygen atoms in total. The van der Waals surface area contributed by atoms with Crippen molar-refractivity contribution in [3.05, 3.63) is 0 Å². The van der Waals surface area contributed by atoms with E-state index in [4.69, 9.17) is 57.8 Å². The van der Waals surface area contributed by atoms with Crippen LogP contribution in [0.25, 0.3) is 0 Å². The second-order valence-electron chi connectivity index (χ2n) is 12.1. The molecular formula is C60H177N11O12. The number of carbonyl (C=O) groups excluding carboxylic acids is 11. The summed E-state index contributed by atoms with van der Waals surface area (Å²) in [6.45, 7) is 77.9. The normalized spacial score (nSPS) is 5.30. The van der Waals surface area contributed by atoms with Crippen LogP contribution in [0.15, 0.2) is 0 Å². The largest absolute Gasteiger partial charge is 0.397 e. The van der Waals surface area contributed by atoms with Crippen LogP contribution in [-0.4, -0.2) is 129 Å². The molecule has 0 saturated carbocycles. The molecule has 0 aromatic heterocycles. The van der Waals surface area contributed by atoms with E-state index in [0.29, 0.717) is 0 Å². The van der Waals surface area contributed by atoms with Crippen molar-refractivity contribution in [3.8, 4) is 0 Å². The number of hydrogen-bond donors (Lipinski definition) is 12. The van der Waals surface area contributed by atoms with Gasteiger partial charge in [-0.05, 0) is 78.8 Å². The molecule has 0 aliphatic carbocycles. The Morgan fingerprint density at radius 3 is 0.325 bits per heavy atom. The molecule has 0 amide bonds. The molecule has 83 heavy (non-hydrogen) atoms. The fourth-order valence-electron chi connectivity index (χ4n) is 0.677. The third kappa shape index (κ3) is 4590. The SMILES string of the molecule is C=O.C=O.C=O.C=O.C=O.C=O.C=O.C=O.C=O.C=O.C=O.CC.CC.CC.CCC.CCC(C)C.CCC(C)C.CCC(C)C.CCC(C)C.CCC(C)C.CCCCCCC.CCO.CN.CN.CN.CN.CN.CN.N.N.N.N.N.[HH]. The van der Waals surface area contributed by atoms with Crippen LogP contribution in [0.3, 0.4) is 0 Å². The van der Waals surface area contributed by atoms with Crippen molar-refractivity contribution < 1.29 is 59.3 Å². The van der Waals surface area contributed by atoms with E-state index >= 15 is 0 Å². The molecule has 0 radical (unpaired) electrons. The number of rotatable bonds is 9. The summed E-state index contributed by atoms with van der Waals surface area (Å²) in [4.78, 5) is 88.0. The Bertz CT molecular complexity index is 400. The molecule has 0 aromatic carbocycles. The minimum atomic E-state index is 0. The summed E-state index contributed by atoms with van der Waals surface area (Å²) in [5.74, 6) is 4.42.